The number of hydrogen-bond acceptors (Lipinski definition) is 1. The number of ketones is 1. The molecule has 0 fully saturated rings. The molecule has 92 valence electrons. The first kappa shape index (κ1) is 12.6. The van der Waals surface area contributed by atoms with Crippen LogP contribution >= 0.6 is 0 Å². The van der Waals surface area contributed by atoms with Gasteiger partial charge in [-0.3, -0.25) is 4.79 Å². The topological polar surface area (TPSA) is 17.1 Å². The van der Waals surface area contributed by atoms with Crippen molar-refractivity contribution >= 4 is 5.78 Å². The monoisotopic (exact) mass is 238 g/mol. The smallest absolute Gasteiger partial charge is 0.160 e. The molecule has 0 aromatic heterocycles. The zero-order valence-electron chi connectivity index (χ0n) is 11.4. The summed E-state index contributed by atoms with van der Waals surface area (Å²) in [7, 11) is 0. The molecule has 0 spiro atoms. The number of hydrogen-bond donors (Lipinski definition) is 0. The Labute approximate surface area is 108 Å². The van der Waals surface area contributed by atoms with Gasteiger partial charge in [0, 0.05) is 5.56 Å². The summed E-state index contributed by atoms with van der Waals surface area (Å²) in [6.07, 6.45) is 0. The van der Waals surface area contributed by atoms with Crippen LogP contribution in [0.25, 0.3) is 11.1 Å². The van der Waals surface area contributed by atoms with Gasteiger partial charge >= 0.3 is 0 Å². The van der Waals surface area contributed by atoms with Crippen molar-refractivity contribution < 1.29 is 4.79 Å². The summed E-state index contributed by atoms with van der Waals surface area (Å²) in [4.78, 5) is 11.4. The minimum atomic E-state index is 0.125. The molecular formula is C17H18O. The predicted molar refractivity (Wildman–Crippen MR) is 76.1 cm³/mol. The van der Waals surface area contributed by atoms with Gasteiger partial charge < -0.3 is 0 Å². The van der Waals surface area contributed by atoms with Crippen molar-refractivity contribution in [3.8, 4) is 11.1 Å². The molecule has 0 aliphatic heterocycles. The van der Waals surface area contributed by atoms with Crippen LogP contribution in [0.15, 0.2) is 36.4 Å². The molecule has 2 aromatic rings. The zero-order chi connectivity index (χ0) is 13.3. The van der Waals surface area contributed by atoms with E-state index in [0.29, 0.717) is 0 Å². The lowest BCUT2D eigenvalue weighted by Gasteiger charge is -2.11. The highest BCUT2D eigenvalue weighted by atomic mass is 16.1. The van der Waals surface area contributed by atoms with Gasteiger partial charge in [-0.25, -0.2) is 0 Å². The first-order valence-electron chi connectivity index (χ1n) is 6.19. The fourth-order valence-electron chi connectivity index (χ4n) is 2.29. The number of carbonyl (C=O) groups is 1. The average molecular weight is 238 g/mol. The van der Waals surface area contributed by atoms with Crippen LogP contribution in [-0.4, -0.2) is 5.78 Å². The lowest BCUT2D eigenvalue weighted by molar-refractivity contribution is 0.101. The van der Waals surface area contributed by atoms with Crippen LogP contribution in [0.4, 0.5) is 0 Å². The van der Waals surface area contributed by atoms with Crippen molar-refractivity contribution in [2.75, 3.05) is 0 Å². The van der Waals surface area contributed by atoms with Gasteiger partial charge in [-0.2, -0.15) is 0 Å². The Morgan fingerprint density at radius 2 is 1.67 bits per heavy atom. The molecule has 0 atom stereocenters. The van der Waals surface area contributed by atoms with Gasteiger partial charge in [0.2, 0.25) is 0 Å². The van der Waals surface area contributed by atoms with Crippen LogP contribution in [0.1, 0.15) is 34.0 Å². The van der Waals surface area contributed by atoms with E-state index in [1.54, 1.807) is 6.92 Å². The quantitative estimate of drug-likeness (QED) is 0.705. The number of carbonyl (C=O) groups excluding carboxylic acids is 1. The molecule has 0 saturated carbocycles. The fraction of sp³-hybridized carbons (Fsp3) is 0.235. The van der Waals surface area contributed by atoms with Gasteiger partial charge in [-0.1, -0.05) is 36.4 Å². The molecule has 0 saturated heterocycles. The molecular weight excluding hydrogens is 220 g/mol. The van der Waals surface area contributed by atoms with E-state index < -0.39 is 0 Å². The first-order chi connectivity index (χ1) is 8.50. The predicted octanol–water partition coefficient (Wildman–Crippen LogP) is 4.48. The zero-order valence-corrected chi connectivity index (χ0v) is 11.4. The summed E-state index contributed by atoms with van der Waals surface area (Å²) in [5, 5.41) is 0. The summed E-state index contributed by atoms with van der Waals surface area (Å²) in [6, 6.07) is 12.4. The summed E-state index contributed by atoms with van der Waals surface area (Å²) >= 11 is 0. The Morgan fingerprint density at radius 3 is 2.28 bits per heavy atom. The average Bonchev–Trinajstić information content (AvgIpc) is 2.32. The lowest BCUT2D eigenvalue weighted by Crippen LogP contribution is -1.96. The SMILES string of the molecule is CC(=O)c1ccc(-c2cccc(C)c2C)cc1C. The van der Waals surface area contributed by atoms with Gasteiger partial charge in [0.05, 0.1) is 0 Å². The van der Waals surface area contributed by atoms with E-state index in [9.17, 15) is 4.79 Å². The minimum absolute atomic E-state index is 0.125. The number of benzene rings is 2. The van der Waals surface area contributed by atoms with Crippen molar-refractivity contribution in [2.24, 2.45) is 0 Å². The third-order valence-electron chi connectivity index (χ3n) is 3.52. The number of aryl methyl sites for hydroxylation is 2. The molecule has 0 N–H and O–H groups in total. The maximum atomic E-state index is 11.4. The number of rotatable bonds is 2. The van der Waals surface area contributed by atoms with Crippen molar-refractivity contribution in [3.05, 3.63) is 58.7 Å². The van der Waals surface area contributed by atoms with Crippen molar-refractivity contribution in [1.29, 1.82) is 0 Å². The van der Waals surface area contributed by atoms with Gasteiger partial charge in [-0.05, 0) is 55.5 Å². The standard InChI is InChI=1S/C17H18O/c1-11-6-5-7-17(13(11)3)15-8-9-16(14(4)18)12(2)10-15/h5-10H,1-4H3. The Kier molecular flexibility index (Phi) is 3.33. The van der Waals surface area contributed by atoms with Crippen LogP contribution in [0, 0.1) is 20.8 Å². The van der Waals surface area contributed by atoms with Crippen molar-refractivity contribution in [2.45, 2.75) is 27.7 Å². The van der Waals surface area contributed by atoms with E-state index in [1.165, 1.54) is 22.3 Å². The maximum Gasteiger partial charge on any atom is 0.160 e. The van der Waals surface area contributed by atoms with E-state index in [2.05, 4.69) is 38.1 Å². The number of Topliss-reactive ketones (excluding diaryl/α,β-unsaturated/α-hetero) is 1. The minimum Gasteiger partial charge on any atom is -0.295 e. The van der Waals surface area contributed by atoms with Gasteiger partial charge in [0.15, 0.2) is 5.78 Å². The summed E-state index contributed by atoms with van der Waals surface area (Å²) < 4.78 is 0. The summed E-state index contributed by atoms with van der Waals surface area (Å²) in [6.45, 7) is 7.86. The van der Waals surface area contributed by atoms with Crippen LogP contribution in [-0.2, 0) is 0 Å². The lowest BCUT2D eigenvalue weighted by atomic mass is 9.94. The van der Waals surface area contributed by atoms with Crippen LogP contribution < -0.4 is 0 Å². The summed E-state index contributed by atoms with van der Waals surface area (Å²) in [5.41, 5.74) is 6.87. The second-order valence-electron chi connectivity index (χ2n) is 4.83. The van der Waals surface area contributed by atoms with Gasteiger partial charge in [0.25, 0.3) is 0 Å². The second-order valence-corrected chi connectivity index (χ2v) is 4.83. The molecule has 18 heavy (non-hydrogen) atoms. The highest BCUT2D eigenvalue weighted by Crippen LogP contribution is 2.27. The normalized spacial score (nSPS) is 10.4. The molecule has 0 unspecified atom stereocenters. The molecule has 0 amide bonds. The molecule has 1 heteroatoms. The highest BCUT2D eigenvalue weighted by Gasteiger charge is 2.08. The Morgan fingerprint density at radius 1 is 0.944 bits per heavy atom. The highest BCUT2D eigenvalue weighted by molar-refractivity contribution is 5.96. The molecule has 1 nitrogen and oxygen atoms in total. The largest absolute Gasteiger partial charge is 0.295 e. The van der Waals surface area contributed by atoms with E-state index in [-0.39, 0.29) is 5.78 Å². The van der Waals surface area contributed by atoms with E-state index >= 15 is 0 Å². The fourth-order valence-corrected chi connectivity index (χ4v) is 2.29. The molecule has 2 rings (SSSR count). The maximum absolute atomic E-state index is 11.4. The van der Waals surface area contributed by atoms with Crippen LogP contribution in [0.2, 0.25) is 0 Å². The van der Waals surface area contributed by atoms with Crippen molar-refractivity contribution in [3.63, 3.8) is 0 Å². The Balaban J connectivity index is 2.56. The van der Waals surface area contributed by atoms with E-state index in [4.69, 9.17) is 0 Å². The van der Waals surface area contributed by atoms with Crippen LogP contribution in [0.5, 0.6) is 0 Å². The molecule has 2 aromatic carbocycles. The van der Waals surface area contributed by atoms with Gasteiger partial charge in [-0.15, -0.1) is 0 Å². The molecule has 0 radical (unpaired) electrons. The second kappa shape index (κ2) is 4.77. The van der Waals surface area contributed by atoms with Crippen molar-refractivity contribution in [1.82, 2.24) is 0 Å². The Bertz CT molecular complexity index is 609. The Hall–Kier alpha value is -1.89. The van der Waals surface area contributed by atoms with Gasteiger partial charge in [0.1, 0.15) is 0 Å². The molecule has 0 aliphatic carbocycles. The van der Waals surface area contributed by atoms with E-state index in [0.717, 1.165) is 11.1 Å². The van der Waals surface area contributed by atoms with E-state index in [1.807, 2.05) is 19.1 Å². The molecule has 0 aliphatic rings. The third-order valence-corrected chi connectivity index (χ3v) is 3.52. The first-order valence-corrected chi connectivity index (χ1v) is 6.19. The third kappa shape index (κ3) is 2.21. The molecule has 0 bridgehead atoms. The molecule has 0 heterocycles. The van der Waals surface area contributed by atoms with Crippen LogP contribution in [0.3, 0.4) is 0 Å². The summed E-state index contributed by atoms with van der Waals surface area (Å²) in [5.74, 6) is 0.125.